The van der Waals surface area contributed by atoms with Crippen molar-refractivity contribution in [3.8, 4) is 0 Å². The Bertz CT molecular complexity index is 490. The van der Waals surface area contributed by atoms with Gasteiger partial charge in [0.15, 0.2) is 0 Å². The van der Waals surface area contributed by atoms with Gasteiger partial charge >= 0.3 is 0 Å². The van der Waals surface area contributed by atoms with E-state index in [1.165, 1.54) is 18.5 Å². The van der Waals surface area contributed by atoms with Crippen LogP contribution in [0, 0.1) is 0 Å². The van der Waals surface area contributed by atoms with Crippen molar-refractivity contribution in [1.82, 2.24) is 10.2 Å². The quantitative estimate of drug-likeness (QED) is 0.765. The van der Waals surface area contributed by atoms with Gasteiger partial charge in [-0.2, -0.15) is 0 Å². The van der Waals surface area contributed by atoms with E-state index in [2.05, 4.69) is 36.2 Å². The highest BCUT2D eigenvalue weighted by atomic mass is 35.5. The summed E-state index contributed by atoms with van der Waals surface area (Å²) in [6, 6.07) is 8.49. The standard InChI is InChI=1S/C19H31N3O.2ClH/c1-4-6-15-22(5-2)18-9-7-16(8-10-18)19(23)21(3)17-11-13-20-14-12-17;;/h7-10,17,20H,4-6,11-15H2,1-3H3;2*1H. The summed E-state index contributed by atoms with van der Waals surface area (Å²) in [7, 11) is 1.94. The molecule has 0 atom stereocenters. The lowest BCUT2D eigenvalue weighted by atomic mass is 10.0. The molecule has 4 nitrogen and oxygen atoms in total. The van der Waals surface area contributed by atoms with Crippen LogP contribution >= 0.6 is 24.8 Å². The molecule has 1 amide bonds. The van der Waals surface area contributed by atoms with E-state index in [9.17, 15) is 4.79 Å². The number of nitrogens with one attached hydrogen (secondary N) is 1. The van der Waals surface area contributed by atoms with E-state index in [0.29, 0.717) is 6.04 Å². The molecule has 1 N–H and O–H groups in total. The summed E-state index contributed by atoms with van der Waals surface area (Å²) in [6.07, 6.45) is 4.49. The Morgan fingerprint density at radius 1 is 1.12 bits per heavy atom. The van der Waals surface area contributed by atoms with Gasteiger partial charge in [-0.3, -0.25) is 4.79 Å². The van der Waals surface area contributed by atoms with E-state index in [1.54, 1.807) is 0 Å². The van der Waals surface area contributed by atoms with Gasteiger partial charge in [-0.25, -0.2) is 0 Å². The highest BCUT2D eigenvalue weighted by molar-refractivity contribution is 5.94. The molecule has 2 rings (SSSR count). The number of unbranched alkanes of at least 4 members (excludes halogenated alkanes) is 1. The van der Waals surface area contributed by atoms with Crippen LogP contribution in [0.5, 0.6) is 0 Å². The second kappa shape index (κ2) is 12.4. The number of nitrogens with zero attached hydrogens (tertiary/aromatic N) is 2. The van der Waals surface area contributed by atoms with Crippen molar-refractivity contribution >= 4 is 36.4 Å². The van der Waals surface area contributed by atoms with E-state index < -0.39 is 0 Å². The van der Waals surface area contributed by atoms with Crippen LogP contribution in [-0.4, -0.2) is 50.1 Å². The molecule has 0 aliphatic carbocycles. The van der Waals surface area contributed by atoms with Gasteiger partial charge in [0.05, 0.1) is 0 Å². The van der Waals surface area contributed by atoms with Crippen LogP contribution in [0.2, 0.25) is 0 Å². The molecule has 1 saturated heterocycles. The summed E-state index contributed by atoms with van der Waals surface area (Å²) in [5.41, 5.74) is 2.00. The predicted molar refractivity (Wildman–Crippen MR) is 112 cm³/mol. The number of hydrogen-bond donors (Lipinski definition) is 1. The molecule has 0 spiro atoms. The monoisotopic (exact) mass is 389 g/mol. The summed E-state index contributed by atoms with van der Waals surface area (Å²) in [5.74, 6) is 0.139. The predicted octanol–water partition coefficient (Wildman–Crippen LogP) is 3.98. The van der Waals surface area contributed by atoms with Gasteiger partial charge < -0.3 is 15.1 Å². The number of piperidine rings is 1. The minimum atomic E-state index is 0. The molecule has 0 aromatic heterocycles. The van der Waals surface area contributed by atoms with Gasteiger partial charge in [0.1, 0.15) is 0 Å². The minimum Gasteiger partial charge on any atom is -0.372 e. The van der Waals surface area contributed by atoms with Crippen molar-refractivity contribution in [3.63, 3.8) is 0 Å². The smallest absolute Gasteiger partial charge is 0.253 e. The van der Waals surface area contributed by atoms with E-state index in [4.69, 9.17) is 0 Å². The molecule has 6 heteroatoms. The average Bonchev–Trinajstić information content (AvgIpc) is 2.62. The van der Waals surface area contributed by atoms with E-state index >= 15 is 0 Å². The first-order valence-corrected chi connectivity index (χ1v) is 9.00. The molecule has 25 heavy (non-hydrogen) atoms. The molecule has 1 aromatic carbocycles. The fourth-order valence-corrected chi connectivity index (χ4v) is 3.20. The van der Waals surface area contributed by atoms with Crippen LogP contribution in [0.4, 0.5) is 5.69 Å². The van der Waals surface area contributed by atoms with E-state index in [1.807, 2.05) is 24.1 Å². The summed E-state index contributed by atoms with van der Waals surface area (Å²) in [6.45, 7) is 8.48. The molecule has 1 fully saturated rings. The first-order valence-electron chi connectivity index (χ1n) is 9.00. The Morgan fingerprint density at radius 3 is 2.24 bits per heavy atom. The summed E-state index contributed by atoms with van der Waals surface area (Å²) >= 11 is 0. The Balaban J connectivity index is 0.00000288. The van der Waals surface area contributed by atoms with Crippen LogP contribution in [0.25, 0.3) is 0 Å². The number of carbonyl (C=O) groups is 1. The van der Waals surface area contributed by atoms with Gasteiger partial charge in [-0.1, -0.05) is 13.3 Å². The minimum absolute atomic E-state index is 0. The number of anilines is 1. The van der Waals surface area contributed by atoms with Gasteiger partial charge in [-0.05, 0) is 63.5 Å². The fraction of sp³-hybridized carbons (Fsp3) is 0.632. The highest BCUT2D eigenvalue weighted by Crippen LogP contribution is 2.18. The summed E-state index contributed by atoms with van der Waals surface area (Å²) in [4.78, 5) is 16.9. The Morgan fingerprint density at radius 2 is 1.72 bits per heavy atom. The number of benzene rings is 1. The van der Waals surface area contributed by atoms with Crippen molar-refractivity contribution in [3.05, 3.63) is 29.8 Å². The lowest BCUT2D eigenvalue weighted by molar-refractivity contribution is 0.0703. The van der Waals surface area contributed by atoms with Gasteiger partial charge in [0, 0.05) is 37.4 Å². The van der Waals surface area contributed by atoms with Gasteiger partial charge in [0.2, 0.25) is 0 Å². The average molecular weight is 390 g/mol. The largest absolute Gasteiger partial charge is 0.372 e. The van der Waals surface area contributed by atoms with Crippen LogP contribution in [-0.2, 0) is 0 Å². The molecule has 0 saturated carbocycles. The fourth-order valence-electron chi connectivity index (χ4n) is 3.20. The topological polar surface area (TPSA) is 35.6 Å². The Labute approximate surface area is 165 Å². The second-order valence-electron chi connectivity index (χ2n) is 6.38. The zero-order chi connectivity index (χ0) is 16.7. The molecular formula is C19H33Cl2N3O. The van der Waals surface area contributed by atoms with E-state index in [-0.39, 0.29) is 30.7 Å². The van der Waals surface area contributed by atoms with Crippen LogP contribution in [0.15, 0.2) is 24.3 Å². The molecule has 144 valence electrons. The SMILES string of the molecule is CCCCN(CC)c1ccc(C(=O)N(C)C2CCNCC2)cc1.Cl.Cl. The number of hydrogen-bond acceptors (Lipinski definition) is 3. The number of amides is 1. The molecule has 1 aliphatic rings. The lowest BCUT2D eigenvalue weighted by Crippen LogP contribution is -2.43. The van der Waals surface area contributed by atoms with Crippen molar-refractivity contribution in [1.29, 1.82) is 0 Å². The van der Waals surface area contributed by atoms with E-state index in [0.717, 1.165) is 44.6 Å². The first-order chi connectivity index (χ1) is 11.2. The number of carbonyl (C=O) groups excluding carboxylic acids is 1. The van der Waals surface area contributed by atoms with Crippen LogP contribution in [0.3, 0.4) is 0 Å². The molecule has 1 aliphatic heterocycles. The Hall–Kier alpha value is -0.970. The molecule has 0 bridgehead atoms. The van der Waals surface area contributed by atoms with Crippen LogP contribution < -0.4 is 10.2 Å². The lowest BCUT2D eigenvalue weighted by Gasteiger charge is -2.32. The van der Waals surface area contributed by atoms with Crippen molar-refractivity contribution in [2.45, 2.75) is 45.6 Å². The third-order valence-electron chi connectivity index (χ3n) is 4.82. The maximum absolute atomic E-state index is 12.7. The molecule has 1 aromatic rings. The van der Waals surface area contributed by atoms with Crippen molar-refractivity contribution < 1.29 is 4.79 Å². The van der Waals surface area contributed by atoms with Crippen LogP contribution in [0.1, 0.15) is 49.9 Å². The van der Waals surface area contributed by atoms with Gasteiger partial charge in [0.25, 0.3) is 5.91 Å². The number of rotatable bonds is 7. The second-order valence-corrected chi connectivity index (χ2v) is 6.38. The van der Waals surface area contributed by atoms with Crippen molar-refractivity contribution in [2.24, 2.45) is 0 Å². The third-order valence-corrected chi connectivity index (χ3v) is 4.82. The zero-order valence-electron chi connectivity index (χ0n) is 15.7. The first kappa shape index (κ1) is 24.0. The summed E-state index contributed by atoms with van der Waals surface area (Å²) in [5, 5.41) is 3.35. The highest BCUT2D eigenvalue weighted by Gasteiger charge is 2.22. The maximum Gasteiger partial charge on any atom is 0.253 e. The van der Waals surface area contributed by atoms with Gasteiger partial charge in [-0.15, -0.1) is 24.8 Å². The molecule has 0 radical (unpaired) electrons. The molecular weight excluding hydrogens is 357 g/mol. The van der Waals surface area contributed by atoms with Crippen molar-refractivity contribution in [2.75, 3.05) is 38.1 Å². The summed E-state index contributed by atoms with van der Waals surface area (Å²) < 4.78 is 0. The number of halogens is 2. The molecule has 1 heterocycles. The Kier molecular flexibility index (Phi) is 11.9. The third kappa shape index (κ3) is 6.69. The normalized spacial score (nSPS) is 14.2. The maximum atomic E-state index is 12.7. The zero-order valence-corrected chi connectivity index (χ0v) is 17.3. The molecule has 0 unspecified atom stereocenters.